The van der Waals surface area contributed by atoms with Gasteiger partial charge in [-0.15, -0.1) is 20.4 Å². The van der Waals surface area contributed by atoms with Crippen LogP contribution in [0.15, 0.2) is 30.7 Å². The number of hydrogen-bond donors (Lipinski definition) is 0. The van der Waals surface area contributed by atoms with E-state index in [0.717, 1.165) is 55.6 Å². The van der Waals surface area contributed by atoms with E-state index in [9.17, 15) is 0 Å². The van der Waals surface area contributed by atoms with Crippen molar-refractivity contribution in [3.8, 4) is 5.82 Å². The van der Waals surface area contributed by atoms with Crippen LogP contribution in [0.4, 0.5) is 5.82 Å². The van der Waals surface area contributed by atoms with Crippen LogP contribution in [-0.2, 0) is 6.54 Å². The lowest BCUT2D eigenvalue weighted by Gasteiger charge is -2.32. The molecule has 1 atom stereocenters. The van der Waals surface area contributed by atoms with Crippen molar-refractivity contribution in [3.63, 3.8) is 0 Å². The van der Waals surface area contributed by atoms with Crippen molar-refractivity contribution in [1.82, 2.24) is 34.7 Å². The van der Waals surface area contributed by atoms with Crippen LogP contribution in [0.3, 0.4) is 0 Å². The molecule has 4 rings (SSSR count). The average Bonchev–Trinajstić information content (AvgIpc) is 3.31. The largest absolute Gasteiger partial charge is 0.354 e. The van der Waals surface area contributed by atoms with Gasteiger partial charge in [-0.05, 0) is 44.9 Å². The first-order chi connectivity index (χ1) is 12.2. The lowest BCUT2D eigenvalue weighted by molar-refractivity contribution is 0.470. The lowest BCUT2D eigenvalue weighted by atomic mass is 9.97. The van der Waals surface area contributed by atoms with Crippen LogP contribution < -0.4 is 4.90 Å². The Kier molecular flexibility index (Phi) is 4.17. The van der Waals surface area contributed by atoms with E-state index < -0.39 is 0 Å². The molecular weight excluding hydrogens is 316 g/mol. The summed E-state index contributed by atoms with van der Waals surface area (Å²) in [5.74, 6) is 3.09. The molecule has 4 heterocycles. The smallest absolute Gasteiger partial charge is 0.175 e. The van der Waals surface area contributed by atoms with E-state index >= 15 is 0 Å². The van der Waals surface area contributed by atoms with E-state index in [0.29, 0.717) is 5.92 Å². The van der Waals surface area contributed by atoms with Gasteiger partial charge in [0, 0.05) is 31.7 Å². The van der Waals surface area contributed by atoms with Crippen molar-refractivity contribution in [1.29, 1.82) is 0 Å². The molecule has 3 aromatic heterocycles. The number of piperidine rings is 1. The molecule has 0 aliphatic carbocycles. The summed E-state index contributed by atoms with van der Waals surface area (Å²) in [5, 5.41) is 21.5. The summed E-state index contributed by atoms with van der Waals surface area (Å²) in [6.07, 6.45) is 5.96. The Balaban J connectivity index is 1.51. The highest BCUT2D eigenvalue weighted by molar-refractivity contribution is 5.40. The van der Waals surface area contributed by atoms with Crippen LogP contribution in [0.25, 0.3) is 5.82 Å². The molecule has 0 aromatic carbocycles. The Labute approximate surface area is 146 Å². The molecule has 8 nitrogen and oxygen atoms in total. The molecular formula is C17H22N8. The minimum Gasteiger partial charge on any atom is -0.354 e. The molecule has 25 heavy (non-hydrogen) atoms. The van der Waals surface area contributed by atoms with Gasteiger partial charge in [0.25, 0.3) is 0 Å². The first-order valence-corrected chi connectivity index (χ1v) is 8.73. The molecule has 0 saturated carbocycles. The molecule has 8 heteroatoms. The molecule has 1 aliphatic rings. The van der Waals surface area contributed by atoms with Gasteiger partial charge in [-0.3, -0.25) is 0 Å². The van der Waals surface area contributed by atoms with Gasteiger partial charge in [0.05, 0.1) is 5.69 Å². The van der Waals surface area contributed by atoms with Crippen LogP contribution in [-0.4, -0.2) is 47.8 Å². The Hall–Kier alpha value is -2.77. The average molecular weight is 338 g/mol. The van der Waals surface area contributed by atoms with Gasteiger partial charge < -0.3 is 9.47 Å². The van der Waals surface area contributed by atoms with Crippen LogP contribution in [0, 0.1) is 6.92 Å². The van der Waals surface area contributed by atoms with Crippen molar-refractivity contribution in [2.45, 2.75) is 39.2 Å². The Morgan fingerprint density at radius 3 is 2.68 bits per heavy atom. The van der Waals surface area contributed by atoms with Gasteiger partial charge >= 0.3 is 0 Å². The van der Waals surface area contributed by atoms with Crippen LogP contribution >= 0.6 is 0 Å². The zero-order valence-electron chi connectivity index (χ0n) is 14.6. The number of aryl methyl sites for hydroxylation is 2. The van der Waals surface area contributed by atoms with Crippen LogP contribution in [0.2, 0.25) is 0 Å². The normalized spacial score (nSPS) is 17.8. The molecule has 3 aromatic rings. The molecule has 0 unspecified atom stereocenters. The van der Waals surface area contributed by atoms with E-state index in [1.54, 1.807) is 4.68 Å². The van der Waals surface area contributed by atoms with E-state index in [1.807, 2.05) is 37.6 Å². The predicted octanol–water partition coefficient (Wildman–Crippen LogP) is 1.97. The quantitative estimate of drug-likeness (QED) is 0.724. The molecule has 0 radical (unpaired) electrons. The monoisotopic (exact) mass is 338 g/mol. The summed E-state index contributed by atoms with van der Waals surface area (Å²) < 4.78 is 3.87. The van der Waals surface area contributed by atoms with Gasteiger partial charge in [-0.1, -0.05) is 0 Å². The Morgan fingerprint density at radius 2 is 1.96 bits per heavy atom. The summed E-state index contributed by atoms with van der Waals surface area (Å²) in [7, 11) is 0. The third kappa shape index (κ3) is 3.11. The molecule has 0 spiro atoms. The number of rotatable bonds is 4. The number of hydrogen-bond acceptors (Lipinski definition) is 6. The zero-order chi connectivity index (χ0) is 17.2. The highest BCUT2D eigenvalue weighted by atomic mass is 15.4. The number of aromatic nitrogens is 7. The molecule has 0 bridgehead atoms. The van der Waals surface area contributed by atoms with Crippen molar-refractivity contribution < 1.29 is 0 Å². The molecule has 0 amide bonds. The van der Waals surface area contributed by atoms with Gasteiger partial charge in [0.15, 0.2) is 11.6 Å². The summed E-state index contributed by atoms with van der Waals surface area (Å²) in [6, 6.07) is 5.94. The molecule has 0 N–H and O–H groups in total. The van der Waals surface area contributed by atoms with Gasteiger partial charge in [0.1, 0.15) is 12.2 Å². The van der Waals surface area contributed by atoms with E-state index in [-0.39, 0.29) is 0 Å². The topological polar surface area (TPSA) is 77.5 Å². The zero-order valence-corrected chi connectivity index (χ0v) is 14.6. The fourth-order valence-corrected chi connectivity index (χ4v) is 3.37. The minimum atomic E-state index is 0.381. The van der Waals surface area contributed by atoms with Crippen LogP contribution in [0.5, 0.6) is 0 Å². The Morgan fingerprint density at radius 1 is 1.12 bits per heavy atom. The second-order valence-corrected chi connectivity index (χ2v) is 6.41. The van der Waals surface area contributed by atoms with Crippen molar-refractivity contribution in [2.24, 2.45) is 0 Å². The van der Waals surface area contributed by atoms with Crippen molar-refractivity contribution in [3.05, 3.63) is 42.2 Å². The Bertz CT molecular complexity index is 834. The summed E-state index contributed by atoms with van der Waals surface area (Å²) in [5.41, 5.74) is 0.963. The first kappa shape index (κ1) is 15.7. The number of nitrogens with zero attached hydrogens (tertiary/aromatic N) is 8. The maximum atomic E-state index is 4.42. The standard InChI is InChI=1S/C17H22N8/c1-3-23-12-18-21-17(23)14-5-4-9-24(11-14)15-6-7-16(20-19-15)25-10-8-13(2)22-25/h6-8,10,12,14H,3-5,9,11H2,1-2H3/t14-/m0/s1. The van der Waals surface area contributed by atoms with Gasteiger partial charge in [-0.25, -0.2) is 4.68 Å². The van der Waals surface area contributed by atoms with Gasteiger partial charge in [0.2, 0.25) is 0 Å². The highest BCUT2D eigenvalue weighted by Crippen LogP contribution is 2.28. The summed E-state index contributed by atoms with van der Waals surface area (Å²) in [6.45, 7) is 6.87. The fourth-order valence-electron chi connectivity index (χ4n) is 3.37. The minimum absolute atomic E-state index is 0.381. The van der Waals surface area contributed by atoms with Crippen molar-refractivity contribution in [2.75, 3.05) is 18.0 Å². The van der Waals surface area contributed by atoms with Crippen LogP contribution in [0.1, 0.15) is 37.2 Å². The maximum Gasteiger partial charge on any atom is 0.175 e. The van der Waals surface area contributed by atoms with Crippen molar-refractivity contribution >= 4 is 5.82 Å². The summed E-state index contributed by atoms with van der Waals surface area (Å²) >= 11 is 0. The second-order valence-electron chi connectivity index (χ2n) is 6.41. The van der Waals surface area contributed by atoms with E-state index in [1.165, 1.54) is 0 Å². The second kappa shape index (κ2) is 6.62. The third-order valence-electron chi connectivity index (χ3n) is 4.69. The highest BCUT2D eigenvalue weighted by Gasteiger charge is 2.26. The summed E-state index contributed by atoms with van der Waals surface area (Å²) in [4.78, 5) is 2.29. The van der Waals surface area contributed by atoms with E-state index in [4.69, 9.17) is 0 Å². The maximum absolute atomic E-state index is 4.42. The lowest BCUT2D eigenvalue weighted by Crippen LogP contribution is -2.36. The van der Waals surface area contributed by atoms with E-state index in [2.05, 4.69) is 41.9 Å². The number of anilines is 1. The third-order valence-corrected chi connectivity index (χ3v) is 4.69. The predicted molar refractivity (Wildman–Crippen MR) is 93.8 cm³/mol. The molecule has 130 valence electrons. The SMILES string of the molecule is CCn1cnnc1[C@H]1CCCN(c2ccc(-n3ccc(C)n3)nn2)C1. The molecule has 1 saturated heterocycles. The molecule has 1 aliphatic heterocycles. The molecule has 1 fully saturated rings. The van der Waals surface area contributed by atoms with Gasteiger partial charge in [-0.2, -0.15) is 5.10 Å². The fraction of sp³-hybridized carbons (Fsp3) is 0.471. The first-order valence-electron chi connectivity index (χ1n) is 8.73.